The minimum Gasteiger partial charge on any atom is -0.490 e. The van der Waals surface area contributed by atoms with Gasteiger partial charge in [-0.3, -0.25) is 5.41 Å². The second-order valence-electron chi connectivity index (χ2n) is 7.52. The lowest BCUT2D eigenvalue weighted by atomic mass is 10.1. The van der Waals surface area contributed by atoms with Gasteiger partial charge in [0.05, 0.1) is 11.0 Å². The van der Waals surface area contributed by atoms with Crippen LogP contribution in [0, 0.1) is 5.41 Å². The van der Waals surface area contributed by atoms with Crippen LogP contribution in [0.3, 0.4) is 0 Å². The molecule has 0 atom stereocenters. The number of ether oxygens (including phenoxy) is 1. The smallest absolute Gasteiger partial charge is 0.166 e. The molecule has 1 saturated heterocycles. The summed E-state index contributed by atoms with van der Waals surface area (Å²) >= 11 is 1.68. The van der Waals surface area contributed by atoms with Gasteiger partial charge in [0, 0.05) is 25.4 Å². The first kappa shape index (κ1) is 25.3. The van der Waals surface area contributed by atoms with Gasteiger partial charge in [-0.15, -0.1) is 24.8 Å². The Morgan fingerprint density at radius 2 is 1.84 bits per heavy atom. The number of benzene rings is 2. The minimum atomic E-state index is 0. The Hall–Kier alpha value is -1.93. The molecule has 168 valence electrons. The largest absolute Gasteiger partial charge is 0.490 e. The molecule has 0 amide bonds. The highest BCUT2D eigenvalue weighted by molar-refractivity contribution is 7.98. The first-order chi connectivity index (χ1) is 14.1. The van der Waals surface area contributed by atoms with Crippen LogP contribution < -0.4 is 10.1 Å². The van der Waals surface area contributed by atoms with E-state index in [1.165, 1.54) is 5.56 Å². The summed E-state index contributed by atoms with van der Waals surface area (Å²) in [5.74, 6) is 2.28. The van der Waals surface area contributed by atoms with Crippen LogP contribution in [0.15, 0.2) is 47.6 Å². The van der Waals surface area contributed by atoms with Crippen LogP contribution >= 0.6 is 36.6 Å². The number of halogens is 2. The van der Waals surface area contributed by atoms with Crippen molar-refractivity contribution in [3.8, 4) is 5.75 Å². The predicted octanol–water partition coefficient (Wildman–Crippen LogP) is 4.72. The van der Waals surface area contributed by atoms with Crippen molar-refractivity contribution in [2.75, 3.05) is 27.2 Å². The number of hydrogen-bond acceptors (Lipinski definition) is 5. The molecule has 6 nitrogen and oxygen atoms in total. The molecule has 31 heavy (non-hydrogen) atoms. The molecule has 2 aromatic carbocycles. The van der Waals surface area contributed by atoms with Crippen LogP contribution in [0.2, 0.25) is 0 Å². The van der Waals surface area contributed by atoms with E-state index in [9.17, 15) is 0 Å². The predicted molar refractivity (Wildman–Crippen MR) is 134 cm³/mol. The van der Waals surface area contributed by atoms with Gasteiger partial charge in [0.25, 0.3) is 0 Å². The van der Waals surface area contributed by atoms with E-state index in [0.717, 1.165) is 59.2 Å². The molecule has 0 radical (unpaired) electrons. The van der Waals surface area contributed by atoms with Gasteiger partial charge >= 0.3 is 0 Å². The fourth-order valence-corrected chi connectivity index (χ4v) is 4.22. The SMILES string of the molecule is CN(C)C(=N)c1ccc2nc(SCc3ccc(OC4CCNCC4)cc3)[nH]c2c1.Cl.Cl. The van der Waals surface area contributed by atoms with E-state index in [2.05, 4.69) is 39.6 Å². The minimum absolute atomic E-state index is 0. The Morgan fingerprint density at radius 1 is 1.13 bits per heavy atom. The van der Waals surface area contributed by atoms with Gasteiger partial charge in [0.15, 0.2) is 5.16 Å². The molecule has 1 aliphatic rings. The van der Waals surface area contributed by atoms with Crippen molar-refractivity contribution < 1.29 is 4.74 Å². The summed E-state index contributed by atoms with van der Waals surface area (Å²) in [5, 5.41) is 12.4. The van der Waals surface area contributed by atoms with E-state index in [4.69, 9.17) is 10.1 Å². The van der Waals surface area contributed by atoms with Gasteiger partial charge < -0.3 is 19.9 Å². The highest BCUT2D eigenvalue weighted by atomic mass is 35.5. The summed E-state index contributed by atoms with van der Waals surface area (Å²) in [4.78, 5) is 9.83. The number of nitrogens with zero attached hydrogens (tertiary/aromatic N) is 2. The van der Waals surface area contributed by atoms with Crippen molar-refractivity contribution in [3.63, 3.8) is 0 Å². The van der Waals surface area contributed by atoms with Crippen LogP contribution in [0.1, 0.15) is 24.0 Å². The second-order valence-corrected chi connectivity index (χ2v) is 8.48. The van der Waals surface area contributed by atoms with E-state index in [0.29, 0.717) is 11.9 Å². The monoisotopic (exact) mass is 481 g/mol. The third kappa shape index (κ3) is 6.53. The summed E-state index contributed by atoms with van der Waals surface area (Å²) in [6, 6.07) is 14.3. The van der Waals surface area contributed by atoms with Crippen molar-refractivity contribution in [1.29, 1.82) is 5.41 Å². The Labute approximate surface area is 199 Å². The molecular formula is C22H29Cl2N5OS. The number of rotatable bonds is 6. The standard InChI is InChI=1S/C22H27N5OS.2ClH/c1-27(2)21(23)16-5-8-19-20(13-16)26-22(25-19)29-14-15-3-6-17(7-4-15)28-18-9-11-24-12-10-18;;/h3-8,13,18,23-24H,9-12,14H2,1-2H3,(H,25,26);2*1H. The van der Waals surface area contributed by atoms with Gasteiger partial charge in [0.1, 0.15) is 17.7 Å². The number of thioether (sulfide) groups is 1. The number of fused-ring (bicyclic) bond motifs is 1. The first-order valence-corrected chi connectivity index (χ1v) is 10.9. The van der Waals surface area contributed by atoms with Crippen LogP contribution in [-0.4, -0.2) is 54.0 Å². The lowest BCUT2D eigenvalue weighted by molar-refractivity contribution is 0.162. The number of aromatic nitrogens is 2. The van der Waals surface area contributed by atoms with Crippen molar-refractivity contribution in [2.24, 2.45) is 0 Å². The molecule has 0 bridgehead atoms. The lowest BCUT2D eigenvalue weighted by Crippen LogP contribution is -2.34. The highest BCUT2D eigenvalue weighted by Gasteiger charge is 2.14. The molecule has 1 aromatic heterocycles. The summed E-state index contributed by atoms with van der Waals surface area (Å²) in [6.07, 6.45) is 2.46. The summed E-state index contributed by atoms with van der Waals surface area (Å²) in [5.41, 5.74) is 4.01. The van der Waals surface area contributed by atoms with Crippen molar-refractivity contribution in [3.05, 3.63) is 53.6 Å². The Morgan fingerprint density at radius 3 is 2.52 bits per heavy atom. The molecule has 3 N–H and O–H groups in total. The summed E-state index contributed by atoms with van der Waals surface area (Å²) in [6.45, 7) is 2.07. The zero-order valence-corrected chi connectivity index (χ0v) is 20.1. The Kier molecular flexibility index (Phi) is 9.50. The van der Waals surface area contributed by atoms with Crippen molar-refractivity contribution in [2.45, 2.75) is 29.9 Å². The molecule has 0 aliphatic carbocycles. The van der Waals surface area contributed by atoms with Crippen LogP contribution in [0.5, 0.6) is 5.75 Å². The van der Waals surface area contributed by atoms with E-state index in [-0.39, 0.29) is 24.8 Å². The van der Waals surface area contributed by atoms with Crippen LogP contribution in [0.4, 0.5) is 0 Å². The highest BCUT2D eigenvalue weighted by Crippen LogP contribution is 2.25. The number of hydrogen-bond donors (Lipinski definition) is 3. The molecule has 0 spiro atoms. The molecular weight excluding hydrogens is 453 g/mol. The van der Waals surface area contributed by atoms with E-state index >= 15 is 0 Å². The van der Waals surface area contributed by atoms with Crippen molar-refractivity contribution >= 4 is 53.4 Å². The number of aromatic amines is 1. The lowest BCUT2D eigenvalue weighted by Gasteiger charge is -2.23. The van der Waals surface area contributed by atoms with Gasteiger partial charge in [-0.1, -0.05) is 23.9 Å². The quantitative estimate of drug-likeness (QED) is 0.269. The van der Waals surface area contributed by atoms with E-state index in [1.54, 1.807) is 16.7 Å². The molecule has 2 heterocycles. The normalized spacial score (nSPS) is 13.9. The summed E-state index contributed by atoms with van der Waals surface area (Å²) in [7, 11) is 3.76. The molecule has 4 rings (SSSR count). The van der Waals surface area contributed by atoms with Crippen molar-refractivity contribution in [1.82, 2.24) is 20.2 Å². The fraction of sp³-hybridized carbons (Fsp3) is 0.364. The number of nitrogens with one attached hydrogen (secondary N) is 3. The molecule has 3 aromatic rings. The third-order valence-corrected chi connectivity index (χ3v) is 6.01. The zero-order chi connectivity index (χ0) is 20.2. The number of H-pyrrole nitrogens is 1. The maximum atomic E-state index is 8.13. The second kappa shape index (κ2) is 11.6. The maximum Gasteiger partial charge on any atom is 0.166 e. The van der Waals surface area contributed by atoms with E-state index < -0.39 is 0 Å². The van der Waals surface area contributed by atoms with Gasteiger partial charge in [-0.2, -0.15) is 0 Å². The van der Waals surface area contributed by atoms with Crippen LogP contribution in [-0.2, 0) is 5.75 Å². The fourth-order valence-electron chi connectivity index (χ4n) is 3.38. The average Bonchev–Trinajstić information content (AvgIpc) is 3.15. The topological polar surface area (TPSA) is 77.0 Å². The number of imidazole rings is 1. The average molecular weight is 482 g/mol. The first-order valence-electron chi connectivity index (χ1n) is 9.93. The Bertz CT molecular complexity index is 987. The zero-order valence-electron chi connectivity index (χ0n) is 17.7. The number of amidine groups is 1. The van der Waals surface area contributed by atoms with E-state index in [1.807, 2.05) is 32.3 Å². The molecule has 1 aliphatic heterocycles. The molecule has 0 unspecified atom stereocenters. The van der Waals surface area contributed by atoms with Crippen LogP contribution in [0.25, 0.3) is 11.0 Å². The Balaban J connectivity index is 0.00000171. The third-order valence-electron chi connectivity index (χ3n) is 5.07. The molecule has 1 fully saturated rings. The molecule has 9 heteroatoms. The maximum absolute atomic E-state index is 8.13. The van der Waals surface area contributed by atoms with Gasteiger partial charge in [-0.05, 0) is 61.8 Å². The van der Waals surface area contributed by atoms with Gasteiger partial charge in [0.2, 0.25) is 0 Å². The number of piperidine rings is 1. The molecule has 0 saturated carbocycles. The summed E-state index contributed by atoms with van der Waals surface area (Å²) < 4.78 is 6.07. The van der Waals surface area contributed by atoms with Gasteiger partial charge in [-0.25, -0.2) is 4.98 Å².